The van der Waals surface area contributed by atoms with Gasteiger partial charge in [-0.1, -0.05) is 20.8 Å². The fourth-order valence-corrected chi connectivity index (χ4v) is 2.06. The molecule has 0 saturated carbocycles. The van der Waals surface area contributed by atoms with Crippen LogP contribution in [-0.2, 0) is 14.6 Å². The number of hydrogen-bond acceptors (Lipinski definition) is 6. The molecule has 0 spiro atoms. The Labute approximate surface area is 123 Å². The molecular weight excluding hydrogens is 298 g/mol. The van der Waals surface area contributed by atoms with E-state index in [0.717, 1.165) is 24.5 Å². The highest BCUT2D eigenvalue weighted by Crippen LogP contribution is 2.22. The Balaban J connectivity index is 3.20. The van der Waals surface area contributed by atoms with E-state index in [2.05, 4.69) is 0 Å². The van der Waals surface area contributed by atoms with Crippen molar-refractivity contribution in [1.82, 2.24) is 0 Å². The molecule has 0 N–H and O–H groups in total. The van der Waals surface area contributed by atoms with Gasteiger partial charge >= 0.3 is 5.97 Å². The first kappa shape index (κ1) is 17.1. The first-order valence-corrected chi connectivity index (χ1v) is 7.96. The van der Waals surface area contributed by atoms with Crippen molar-refractivity contribution in [2.24, 2.45) is 5.41 Å². The topological polar surface area (TPSA) is 104 Å². The largest absolute Gasteiger partial charge is 0.462 e. The molecule has 0 atom stereocenters. The van der Waals surface area contributed by atoms with Crippen LogP contribution in [0.3, 0.4) is 0 Å². The minimum Gasteiger partial charge on any atom is -0.462 e. The number of ether oxygens (including phenoxy) is 1. The van der Waals surface area contributed by atoms with Crippen molar-refractivity contribution >= 4 is 21.5 Å². The van der Waals surface area contributed by atoms with Crippen LogP contribution in [-0.4, -0.2) is 32.2 Å². The summed E-state index contributed by atoms with van der Waals surface area (Å²) in [5, 5.41) is 10.8. The van der Waals surface area contributed by atoms with E-state index >= 15 is 0 Å². The van der Waals surface area contributed by atoms with Crippen LogP contribution in [0.25, 0.3) is 0 Å². The number of non-ortho nitro benzene ring substituents is 1. The molecule has 1 rings (SSSR count). The summed E-state index contributed by atoms with van der Waals surface area (Å²) in [5.41, 5.74) is -0.898. The molecule has 8 heteroatoms. The lowest BCUT2D eigenvalue weighted by Crippen LogP contribution is -2.18. The minimum absolute atomic E-state index is 0.114. The SMILES string of the molecule is CC(C)(C)COC(=O)c1cc([N+](=O)[O-])cc(S(C)(=O)=O)c1. The predicted octanol–water partition coefficient (Wildman–Crippen LogP) is 2.20. The van der Waals surface area contributed by atoms with Gasteiger partial charge in [0.2, 0.25) is 0 Å². The number of carbonyl (C=O) groups excluding carboxylic acids is 1. The van der Waals surface area contributed by atoms with Crippen molar-refractivity contribution < 1.29 is 22.9 Å². The van der Waals surface area contributed by atoms with Crippen molar-refractivity contribution in [3.8, 4) is 0 Å². The number of hydrogen-bond donors (Lipinski definition) is 0. The van der Waals surface area contributed by atoms with Crippen molar-refractivity contribution in [2.75, 3.05) is 12.9 Å². The number of rotatable bonds is 4. The quantitative estimate of drug-likeness (QED) is 0.479. The maximum atomic E-state index is 11.9. The van der Waals surface area contributed by atoms with Crippen molar-refractivity contribution in [2.45, 2.75) is 25.7 Å². The monoisotopic (exact) mass is 315 g/mol. The molecule has 21 heavy (non-hydrogen) atoms. The zero-order valence-corrected chi connectivity index (χ0v) is 13.1. The fraction of sp³-hybridized carbons (Fsp3) is 0.462. The van der Waals surface area contributed by atoms with Gasteiger partial charge in [0.15, 0.2) is 9.84 Å². The Morgan fingerprint density at radius 3 is 2.29 bits per heavy atom. The number of nitro benzene ring substituents is 1. The second kappa shape index (κ2) is 5.80. The van der Waals surface area contributed by atoms with Crippen LogP contribution in [0.15, 0.2) is 23.1 Å². The molecule has 0 fully saturated rings. The van der Waals surface area contributed by atoms with E-state index in [1.807, 2.05) is 20.8 Å². The molecule has 1 aromatic carbocycles. The average molecular weight is 315 g/mol. The van der Waals surface area contributed by atoms with Gasteiger partial charge in [-0.05, 0) is 11.5 Å². The van der Waals surface area contributed by atoms with Crippen molar-refractivity contribution in [3.63, 3.8) is 0 Å². The molecule has 0 aliphatic heterocycles. The van der Waals surface area contributed by atoms with E-state index in [9.17, 15) is 23.3 Å². The third kappa shape index (κ3) is 5.14. The number of esters is 1. The highest BCUT2D eigenvalue weighted by atomic mass is 32.2. The van der Waals surface area contributed by atoms with E-state index < -0.39 is 26.4 Å². The first-order chi connectivity index (χ1) is 9.40. The predicted molar refractivity (Wildman–Crippen MR) is 75.9 cm³/mol. The standard InChI is InChI=1S/C13H17NO6S/c1-13(2,3)8-20-12(15)9-5-10(14(16)17)7-11(6-9)21(4,18)19/h5-7H,8H2,1-4H3. The van der Waals surface area contributed by atoms with Crippen molar-refractivity contribution in [1.29, 1.82) is 0 Å². The molecule has 0 aromatic heterocycles. The summed E-state index contributed by atoms with van der Waals surface area (Å²) >= 11 is 0. The zero-order chi connectivity index (χ0) is 16.4. The average Bonchev–Trinajstić information content (AvgIpc) is 2.33. The third-order valence-corrected chi connectivity index (χ3v) is 3.49. The highest BCUT2D eigenvalue weighted by Gasteiger charge is 2.21. The molecule has 0 bridgehead atoms. The Morgan fingerprint density at radius 1 is 1.29 bits per heavy atom. The van der Waals surface area contributed by atoms with Gasteiger partial charge in [-0.25, -0.2) is 13.2 Å². The van der Waals surface area contributed by atoms with Crippen LogP contribution in [0.2, 0.25) is 0 Å². The molecule has 0 radical (unpaired) electrons. The molecular formula is C13H17NO6S. The Hall–Kier alpha value is -1.96. The molecule has 7 nitrogen and oxygen atoms in total. The van der Waals surface area contributed by atoms with Crippen LogP contribution < -0.4 is 0 Å². The van der Waals surface area contributed by atoms with Crippen molar-refractivity contribution in [3.05, 3.63) is 33.9 Å². The second-order valence-electron chi connectivity index (χ2n) is 5.88. The third-order valence-electron chi connectivity index (χ3n) is 2.40. The van der Waals surface area contributed by atoms with Crippen LogP contribution in [0.1, 0.15) is 31.1 Å². The summed E-state index contributed by atoms with van der Waals surface area (Å²) in [4.78, 5) is 21.7. The molecule has 0 amide bonds. The summed E-state index contributed by atoms with van der Waals surface area (Å²) in [6, 6.07) is 2.99. The maximum Gasteiger partial charge on any atom is 0.338 e. The summed E-state index contributed by atoms with van der Waals surface area (Å²) in [6.07, 6.45) is 0.913. The lowest BCUT2D eigenvalue weighted by Gasteiger charge is -2.17. The van der Waals surface area contributed by atoms with Gasteiger partial charge < -0.3 is 4.74 Å². The molecule has 0 aliphatic rings. The van der Waals surface area contributed by atoms with Gasteiger partial charge in [-0.15, -0.1) is 0 Å². The van der Waals surface area contributed by atoms with Gasteiger partial charge in [-0.2, -0.15) is 0 Å². The first-order valence-electron chi connectivity index (χ1n) is 6.07. The smallest absolute Gasteiger partial charge is 0.338 e. The molecule has 0 heterocycles. The van der Waals surface area contributed by atoms with Crippen LogP contribution in [0.5, 0.6) is 0 Å². The molecule has 0 aliphatic carbocycles. The zero-order valence-electron chi connectivity index (χ0n) is 12.2. The lowest BCUT2D eigenvalue weighted by atomic mass is 9.99. The van der Waals surface area contributed by atoms with Crippen LogP contribution in [0, 0.1) is 15.5 Å². The Kier molecular flexibility index (Phi) is 4.72. The van der Waals surface area contributed by atoms with Crippen LogP contribution in [0.4, 0.5) is 5.69 Å². The summed E-state index contributed by atoms with van der Waals surface area (Å²) in [5.74, 6) is -0.793. The van der Waals surface area contributed by atoms with E-state index in [0.29, 0.717) is 0 Å². The number of nitrogens with zero attached hydrogens (tertiary/aromatic N) is 1. The molecule has 0 saturated heterocycles. The summed E-state index contributed by atoms with van der Waals surface area (Å²) in [7, 11) is -3.67. The van der Waals surface area contributed by atoms with E-state index in [1.54, 1.807) is 0 Å². The van der Waals surface area contributed by atoms with E-state index in [-0.39, 0.29) is 22.5 Å². The fourth-order valence-electron chi connectivity index (χ4n) is 1.39. The van der Waals surface area contributed by atoms with Crippen LogP contribution >= 0.6 is 0 Å². The lowest BCUT2D eigenvalue weighted by molar-refractivity contribution is -0.385. The molecule has 1 aromatic rings. The molecule has 116 valence electrons. The minimum atomic E-state index is -3.67. The van der Waals surface area contributed by atoms with Gasteiger partial charge in [0.25, 0.3) is 5.69 Å². The number of benzene rings is 1. The van der Waals surface area contributed by atoms with Gasteiger partial charge in [0.1, 0.15) is 0 Å². The summed E-state index contributed by atoms with van der Waals surface area (Å²) < 4.78 is 28.1. The molecule has 0 unspecified atom stereocenters. The number of nitro groups is 1. The Bertz CT molecular complexity index is 672. The highest BCUT2D eigenvalue weighted by molar-refractivity contribution is 7.90. The Morgan fingerprint density at radius 2 is 1.86 bits per heavy atom. The van der Waals surface area contributed by atoms with Gasteiger partial charge in [-0.3, -0.25) is 10.1 Å². The number of carbonyl (C=O) groups is 1. The maximum absolute atomic E-state index is 11.9. The summed E-state index contributed by atoms with van der Waals surface area (Å²) in [6.45, 7) is 5.68. The second-order valence-corrected chi connectivity index (χ2v) is 7.90. The normalized spacial score (nSPS) is 12.0. The van der Waals surface area contributed by atoms with Gasteiger partial charge in [0, 0.05) is 18.4 Å². The number of sulfone groups is 1. The van der Waals surface area contributed by atoms with Gasteiger partial charge in [0.05, 0.1) is 22.0 Å². The van der Waals surface area contributed by atoms with E-state index in [1.165, 1.54) is 0 Å². The van der Waals surface area contributed by atoms with E-state index in [4.69, 9.17) is 4.74 Å².